The molecule has 0 aromatic heterocycles. The van der Waals surface area contributed by atoms with Crippen molar-refractivity contribution in [1.82, 2.24) is 4.90 Å². The average Bonchev–Trinajstić information content (AvgIpc) is 3.04. The molecule has 0 radical (unpaired) electrons. The Bertz CT molecular complexity index is 1200. The lowest BCUT2D eigenvalue weighted by Gasteiger charge is -2.13. The molecule has 1 aliphatic heterocycles. The number of halogens is 1. The highest BCUT2D eigenvalue weighted by Gasteiger charge is 2.35. The summed E-state index contributed by atoms with van der Waals surface area (Å²) >= 11 is 4.35. The van der Waals surface area contributed by atoms with E-state index in [0.29, 0.717) is 23.9 Å². The van der Waals surface area contributed by atoms with Gasteiger partial charge in [0.2, 0.25) is 0 Å². The third-order valence-electron chi connectivity index (χ3n) is 5.01. The molecule has 0 spiro atoms. The number of hydrogen-bond acceptors (Lipinski definition) is 5. The molecule has 32 heavy (non-hydrogen) atoms. The molecule has 0 unspecified atom stereocenters. The van der Waals surface area contributed by atoms with Crippen molar-refractivity contribution in [1.29, 1.82) is 0 Å². The molecule has 2 amide bonds. The lowest BCUT2D eigenvalue weighted by molar-refractivity contribution is -0.123. The number of thioether (sulfide) groups is 1. The first-order valence-electron chi connectivity index (χ1n) is 10.3. The van der Waals surface area contributed by atoms with Crippen LogP contribution in [0.3, 0.4) is 0 Å². The highest BCUT2D eigenvalue weighted by atomic mass is 79.9. The van der Waals surface area contributed by atoms with Gasteiger partial charge in [0.15, 0.2) is 0 Å². The summed E-state index contributed by atoms with van der Waals surface area (Å²) in [6.45, 7) is 5.13. The summed E-state index contributed by atoms with van der Waals surface area (Å²) < 4.78 is 12.5. The Morgan fingerprint density at radius 3 is 2.41 bits per heavy atom. The van der Waals surface area contributed by atoms with Crippen molar-refractivity contribution in [3.8, 4) is 11.5 Å². The van der Waals surface area contributed by atoms with Gasteiger partial charge in [0.25, 0.3) is 11.1 Å². The number of carbonyl (C=O) groups excluding carboxylic acids is 2. The minimum atomic E-state index is -0.302. The normalized spacial score (nSPS) is 15.1. The molecule has 7 heteroatoms. The van der Waals surface area contributed by atoms with Crippen LogP contribution in [0.4, 0.5) is 4.79 Å². The highest BCUT2D eigenvalue weighted by molar-refractivity contribution is 9.10. The van der Waals surface area contributed by atoms with Crippen molar-refractivity contribution >= 4 is 55.7 Å². The first-order valence-corrected chi connectivity index (χ1v) is 11.9. The molecule has 0 atom stereocenters. The summed E-state index contributed by atoms with van der Waals surface area (Å²) in [6, 6.07) is 17.3. The van der Waals surface area contributed by atoms with Crippen molar-refractivity contribution in [2.75, 3.05) is 13.2 Å². The van der Waals surface area contributed by atoms with Crippen molar-refractivity contribution < 1.29 is 19.1 Å². The first kappa shape index (κ1) is 22.4. The monoisotopic (exact) mass is 511 g/mol. The molecule has 5 nitrogen and oxygen atoms in total. The SMILES string of the molecule is CCOc1ccc2ccc(OCC)c(/C=C3\SC(=O)N(Cc4ccc(Br)cc4)C3=O)c2c1. The predicted octanol–water partition coefficient (Wildman–Crippen LogP) is 6.64. The number of hydrogen-bond donors (Lipinski definition) is 0. The van der Waals surface area contributed by atoms with Crippen LogP contribution in [0.15, 0.2) is 64.0 Å². The molecule has 4 rings (SSSR count). The lowest BCUT2D eigenvalue weighted by Crippen LogP contribution is -2.27. The van der Waals surface area contributed by atoms with Crippen LogP contribution in [0, 0.1) is 0 Å². The molecule has 164 valence electrons. The third-order valence-corrected chi connectivity index (χ3v) is 6.44. The van der Waals surface area contributed by atoms with Crippen molar-refractivity contribution in [3.63, 3.8) is 0 Å². The Morgan fingerprint density at radius 2 is 1.69 bits per heavy atom. The van der Waals surface area contributed by atoms with E-state index in [0.717, 1.165) is 43.9 Å². The molecular formula is C25H22BrNO4S. The minimum Gasteiger partial charge on any atom is -0.494 e. The summed E-state index contributed by atoms with van der Waals surface area (Å²) in [5, 5.41) is 1.62. The fourth-order valence-electron chi connectivity index (χ4n) is 3.53. The van der Waals surface area contributed by atoms with Gasteiger partial charge < -0.3 is 9.47 Å². The maximum Gasteiger partial charge on any atom is 0.293 e. The van der Waals surface area contributed by atoms with Gasteiger partial charge in [-0.05, 0) is 78.4 Å². The summed E-state index contributed by atoms with van der Waals surface area (Å²) in [5.74, 6) is 1.10. The van der Waals surface area contributed by atoms with Gasteiger partial charge >= 0.3 is 0 Å². The van der Waals surface area contributed by atoms with Crippen LogP contribution in [0.1, 0.15) is 25.0 Å². The second-order valence-corrected chi connectivity index (χ2v) is 9.03. The zero-order chi connectivity index (χ0) is 22.7. The van der Waals surface area contributed by atoms with E-state index in [1.807, 2.05) is 68.4 Å². The second-order valence-electron chi connectivity index (χ2n) is 7.12. The van der Waals surface area contributed by atoms with Crippen molar-refractivity contribution in [3.05, 3.63) is 75.1 Å². The zero-order valence-corrected chi connectivity index (χ0v) is 20.2. The van der Waals surface area contributed by atoms with Gasteiger partial charge in [-0.15, -0.1) is 0 Å². The minimum absolute atomic E-state index is 0.234. The Kier molecular flexibility index (Phi) is 6.86. The van der Waals surface area contributed by atoms with Gasteiger partial charge in [0.05, 0.1) is 24.7 Å². The summed E-state index contributed by atoms with van der Waals surface area (Å²) in [6.07, 6.45) is 1.76. The molecule has 3 aromatic carbocycles. The smallest absolute Gasteiger partial charge is 0.293 e. The standard InChI is InChI=1S/C25H22BrNO4S/c1-3-30-19-11-7-17-8-12-22(31-4-2)21(20(17)13-19)14-23-24(28)27(25(29)32-23)15-16-5-9-18(26)10-6-16/h5-14H,3-4,15H2,1-2H3/b23-14-. The quantitative estimate of drug-likeness (QED) is 0.333. The van der Waals surface area contributed by atoms with E-state index in [1.54, 1.807) is 6.08 Å². The molecule has 1 aliphatic rings. The van der Waals surface area contributed by atoms with Gasteiger partial charge in [-0.1, -0.05) is 40.2 Å². The number of rotatable bonds is 7. The molecule has 3 aromatic rings. The van der Waals surface area contributed by atoms with Gasteiger partial charge in [-0.25, -0.2) is 0 Å². The molecule has 1 heterocycles. The second kappa shape index (κ2) is 9.79. The number of fused-ring (bicyclic) bond motifs is 1. The maximum atomic E-state index is 13.1. The summed E-state index contributed by atoms with van der Waals surface area (Å²) in [5.41, 5.74) is 1.65. The summed E-state index contributed by atoms with van der Waals surface area (Å²) in [7, 11) is 0. The number of imide groups is 1. The molecular weight excluding hydrogens is 490 g/mol. The van der Waals surface area contributed by atoms with Gasteiger partial charge in [-0.2, -0.15) is 0 Å². The van der Waals surface area contributed by atoms with E-state index >= 15 is 0 Å². The Morgan fingerprint density at radius 1 is 0.969 bits per heavy atom. The Hall–Kier alpha value is -2.77. The fraction of sp³-hybridized carbons (Fsp3) is 0.200. The number of amides is 2. The molecule has 1 saturated heterocycles. The van der Waals surface area contributed by atoms with Crippen LogP contribution >= 0.6 is 27.7 Å². The third kappa shape index (κ3) is 4.69. The average molecular weight is 512 g/mol. The number of carbonyl (C=O) groups is 2. The van der Waals surface area contributed by atoms with Gasteiger partial charge in [-0.3, -0.25) is 14.5 Å². The molecule has 1 fully saturated rings. The molecule has 0 aliphatic carbocycles. The molecule has 0 bridgehead atoms. The maximum absolute atomic E-state index is 13.1. The van der Waals surface area contributed by atoms with Crippen molar-refractivity contribution in [2.45, 2.75) is 20.4 Å². The van der Waals surface area contributed by atoms with Crippen LogP contribution in [-0.4, -0.2) is 29.3 Å². The Balaban J connectivity index is 1.73. The van der Waals surface area contributed by atoms with E-state index in [4.69, 9.17) is 9.47 Å². The van der Waals surface area contributed by atoms with E-state index < -0.39 is 0 Å². The van der Waals surface area contributed by atoms with Crippen molar-refractivity contribution in [2.24, 2.45) is 0 Å². The van der Waals surface area contributed by atoms with Gasteiger partial charge in [0.1, 0.15) is 11.5 Å². The van der Waals surface area contributed by atoms with Crippen LogP contribution < -0.4 is 9.47 Å². The van der Waals surface area contributed by atoms with E-state index in [2.05, 4.69) is 15.9 Å². The Labute approximate surface area is 199 Å². The topological polar surface area (TPSA) is 55.8 Å². The molecule has 0 N–H and O–H groups in total. The predicted molar refractivity (Wildman–Crippen MR) is 132 cm³/mol. The highest BCUT2D eigenvalue weighted by Crippen LogP contribution is 2.38. The largest absolute Gasteiger partial charge is 0.494 e. The number of nitrogens with zero attached hydrogens (tertiary/aromatic N) is 1. The number of benzene rings is 3. The number of ether oxygens (including phenoxy) is 2. The first-order chi connectivity index (χ1) is 15.5. The van der Waals surface area contributed by atoms with E-state index in [1.165, 1.54) is 4.90 Å². The van der Waals surface area contributed by atoms with E-state index in [9.17, 15) is 9.59 Å². The van der Waals surface area contributed by atoms with Crippen LogP contribution in [0.5, 0.6) is 11.5 Å². The zero-order valence-electron chi connectivity index (χ0n) is 17.8. The van der Waals surface area contributed by atoms with Crippen LogP contribution in [-0.2, 0) is 11.3 Å². The lowest BCUT2D eigenvalue weighted by atomic mass is 10.0. The van der Waals surface area contributed by atoms with Gasteiger partial charge in [0, 0.05) is 10.0 Å². The fourth-order valence-corrected chi connectivity index (χ4v) is 4.61. The van der Waals surface area contributed by atoms with Crippen LogP contribution in [0.2, 0.25) is 0 Å². The summed E-state index contributed by atoms with van der Waals surface area (Å²) in [4.78, 5) is 27.4. The molecule has 0 saturated carbocycles. The van der Waals surface area contributed by atoms with Crippen LogP contribution in [0.25, 0.3) is 16.8 Å². The van der Waals surface area contributed by atoms with E-state index in [-0.39, 0.29) is 17.7 Å².